The van der Waals surface area contributed by atoms with E-state index in [1.54, 1.807) is 48.2 Å². The molecule has 10 nitrogen and oxygen atoms in total. The van der Waals surface area contributed by atoms with Gasteiger partial charge in [0.25, 0.3) is 0 Å². The quantitative estimate of drug-likeness (QED) is 0.160. The van der Waals surface area contributed by atoms with Crippen molar-refractivity contribution in [2.75, 3.05) is 18.6 Å². The van der Waals surface area contributed by atoms with E-state index in [4.69, 9.17) is 21.4 Å². The van der Waals surface area contributed by atoms with E-state index in [0.717, 1.165) is 26.1 Å². The fourth-order valence-corrected chi connectivity index (χ4v) is 11.0. The van der Waals surface area contributed by atoms with E-state index in [1.807, 2.05) is 38.1 Å². The molecule has 2 aliphatic carbocycles. The topological polar surface area (TPSA) is 122 Å². The second-order valence-electron chi connectivity index (χ2n) is 14.2. The first-order valence-electron chi connectivity index (χ1n) is 17.0. The highest BCUT2D eigenvalue weighted by atomic mass is 79.9. The Morgan fingerprint density at radius 3 is 2.59 bits per heavy atom. The Bertz CT molecular complexity index is 2250. The van der Waals surface area contributed by atoms with Crippen molar-refractivity contribution >= 4 is 78.4 Å². The van der Waals surface area contributed by atoms with Crippen molar-refractivity contribution in [3.63, 3.8) is 0 Å². The van der Waals surface area contributed by atoms with Gasteiger partial charge in [0.2, 0.25) is 23.6 Å². The summed E-state index contributed by atoms with van der Waals surface area (Å²) < 4.78 is 8.75. The smallest absolute Gasteiger partial charge is 0.242 e. The lowest BCUT2D eigenvalue weighted by Crippen LogP contribution is -2.49. The largest absolute Gasteiger partial charge is 0.504 e. The molecule has 264 valence electrons. The maximum atomic E-state index is 15.1. The molecule has 4 amide bonds. The van der Waals surface area contributed by atoms with E-state index in [1.165, 1.54) is 16.9 Å². The Balaban J connectivity index is 1.27. The molecule has 1 saturated carbocycles. The molecule has 4 aromatic rings. The number of aromatic nitrogens is 2. The predicted octanol–water partition coefficient (Wildman–Crippen LogP) is 7.38. The molecule has 0 unspecified atom stereocenters. The first-order chi connectivity index (χ1) is 24.3. The Labute approximate surface area is 312 Å². The van der Waals surface area contributed by atoms with Gasteiger partial charge in [0.1, 0.15) is 11.5 Å². The van der Waals surface area contributed by atoms with Gasteiger partial charge in [-0.05, 0) is 80.3 Å². The molecule has 2 aliphatic heterocycles. The van der Waals surface area contributed by atoms with Gasteiger partial charge in [-0.25, -0.2) is 4.90 Å². The molecule has 4 aliphatic rings. The van der Waals surface area contributed by atoms with Gasteiger partial charge in [0.15, 0.2) is 11.5 Å². The van der Waals surface area contributed by atoms with Crippen LogP contribution in [0.1, 0.15) is 50.2 Å². The Hall–Kier alpha value is -4.00. The van der Waals surface area contributed by atoms with Crippen LogP contribution in [0.15, 0.2) is 52.5 Å². The number of imide groups is 2. The number of phenols is 1. The van der Waals surface area contributed by atoms with Gasteiger partial charge in [0, 0.05) is 45.3 Å². The number of benzene rings is 2. The van der Waals surface area contributed by atoms with Crippen LogP contribution in [0, 0.1) is 36.0 Å². The maximum Gasteiger partial charge on any atom is 0.242 e. The van der Waals surface area contributed by atoms with Gasteiger partial charge in [-0.3, -0.25) is 28.8 Å². The van der Waals surface area contributed by atoms with Crippen LogP contribution >= 0.6 is 38.9 Å². The monoisotopic (exact) mass is 790 g/mol. The highest BCUT2D eigenvalue weighted by Crippen LogP contribution is 2.65. The number of fused-ring (bicyclic) bond motifs is 5. The van der Waals surface area contributed by atoms with Crippen LogP contribution in [0.5, 0.6) is 11.5 Å². The average Bonchev–Trinajstić information content (AvgIpc) is 3.76. The minimum absolute atomic E-state index is 0.141. The van der Waals surface area contributed by atoms with Crippen molar-refractivity contribution in [2.24, 2.45) is 36.1 Å². The zero-order valence-corrected chi connectivity index (χ0v) is 31.9. The summed E-state index contributed by atoms with van der Waals surface area (Å²) in [5.41, 5.74) is 1.48. The summed E-state index contributed by atoms with van der Waals surface area (Å²) in [4.78, 5) is 60.9. The van der Waals surface area contributed by atoms with Crippen LogP contribution in [0.25, 0.3) is 20.7 Å². The molecular weight excluding hydrogens is 756 g/mol. The van der Waals surface area contributed by atoms with Crippen LogP contribution in [0.2, 0.25) is 5.02 Å². The normalized spacial score (nSPS) is 27.3. The van der Waals surface area contributed by atoms with Crippen LogP contribution in [-0.4, -0.2) is 57.1 Å². The second-order valence-corrected chi connectivity index (χ2v) is 16.6. The minimum atomic E-state index is -1.35. The van der Waals surface area contributed by atoms with Crippen LogP contribution in [0.4, 0.5) is 5.82 Å². The molecule has 3 fully saturated rings. The lowest BCUT2D eigenvalue weighted by Gasteiger charge is -2.49. The maximum absolute atomic E-state index is 15.1. The van der Waals surface area contributed by atoms with Crippen molar-refractivity contribution in [3.8, 4) is 22.1 Å². The minimum Gasteiger partial charge on any atom is -0.504 e. The van der Waals surface area contributed by atoms with E-state index in [9.17, 15) is 19.5 Å². The number of rotatable bonds is 6. The third-order valence-corrected chi connectivity index (χ3v) is 13.6. The Kier molecular flexibility index (Phi) is 8.04. The second kappa shape index (κ2) is 12.0. The SMILES string of the molecule is CCCN1C(=O)[C@H]2[C@H](CC=C3[C@H]2C[C@H]2C(=O)N(c4cc(-c5sc6ccc(Cl)cc6c5C)nn4C)C(=O)[C@@]2(C)[C@H]3c2cc(Br)cc(OC)c2O)C1=O. The molecule has 8 rings (SSSR count). The summed E-state index contributed by atoms with van der Waals surface area (Å²) >= 11 is 11.4. The number of ether oxygens (including phenoxy) is 1. The first-order valence-corrected chi connectivity index (χ1v) is 19.0. The molecule has 4 heterocycles. The molecule has 2 aromatic carbocycles. The number of thiophene rings is 1. The van der Waals surface area contributed by atoms with Crippen LogP contribution in [0.3, 0.4) is 0 Å². The fraction of sp³-hybridized carbons (Fsp3) is 0.395. The van der Waals surface area contributed by atoms with E-state index >= 15 is 4.79 Å². The highest BCUT2D eigenvalue weighted by Gasteiger charge is 2.68. The number of aromatic hydroxyl groups is 1. The first kappa shape index (κ1) is 34.1. The number of carbonyl (C=O) groups is 4. The van der Waals surface area contributed by atoms with Gasteiger partial charge in [-0.2, -0.15) is 5.10 Å². The number of methoxy groups -OCH3 is 1. The molecular formula is C38H36BrClN4O6S. The number of aryl methyl sites for hydroxylation is 2. The summed E-state index contributed by atoms with van der Waals surface area (Å²) in [5, 5.41) is 18.1. The van der Waals surface area contributed by atoms with E-state index in [-0.39, 0.29) is 29.7 Å². The fourth-order valence-electron chi connectivity index (χ4n) is 9.27. The van der Waals surface area contributed by atoms with Crippen LogP contribution in [-0.2, 0) is 26.2 Å². The van der Waals surface area contributed by atoms with Crippen molar-refractivity contribution < 1.29 is 29.0 Å². The molecule has 6 atom stereocenters. The number of carbonyl (C=O) groups excluding carboxylic acids is 4. The van der Waals surface area contributed by atoms with Crippen LogP contribution < -0.4 is 9.64 Å². The lowest BCUT2D eigenvalue weighted by molar-refractivity contribution is -0.140. The van der Waals surface area contributed by atoms with E-state index in [0.29, 0.717) is 46.0 Å². The molecule has 0 radical (unpaired) electrons. The van der Waals surface area contributed by atoms with Gasteiger partial charge < -0.3 is 9.84 Å². The van der Waals surface area contributed by atoms with Gasteiger partial charge >= 0.3 is 0 Å². The van der Waals surface area contributed by atoms with E-state index < -0.39 is 46.8 Å². The number of phenolic OH excluding ortho intramolecular Hbond substituents is 1. The predicted molar refractivity (Wildman–Crippen MR) is 198 cm³/mol. The number of likely N-dealkylation sites (tertiary alicyclic amines) is 1. The molecule has 2 saturated heterocycles. The lowest BCUT2D eigenvalue weighted by atomic mass is 9.51. The summed E-state index contributed by atoms with van der Waals surface area (Å²) in [6.07, 6.45) is 3.17. The number of hydrogen-bond donors (Lipinski definition) is 1. The molecule has 51 heavy (non-hydrogen) atoms. The molecule has 0 bridgehead atoms. The summed E-state index contributed by atoms with van der Waals surface area (Å²) in [6, 6.07) is 10.9. The van der Waals surface area contributed by atoms with Gasteiger partial charge in [-0.1, -0.05) is 46.1 Å². The number of anilines is 1. The zero-order valence-electron chi connectivity index (χ0n) is 28.7. The number of allylic oxidation sites excluding steroid dienone is 2. The van der Waals surface area contributed by atoms with Crippen molar-refractivity contribution in [2.45, 2.75) is 46.0 Å². The van der Waals surface area contributed by atoms with Gasteiger partial charge in [0.05, 0.1) is 35.2 Å². The van der Waals surface area contributed by atoms with Crippen molar-refractivity contribution in [3.05, 3.63) is 68.7 Å². The van der Waals surface area contributed by atoms with Gasteiger partial charge in [-0.15, -0.1) is 11.3 Å². The molecule has 2 aromatic heterocycles. The Morgan fingerprint density at radius 2 is 1.86 bits per heavy atom. The third-order valence-electron chi connectivity index (χ3n) is 11.6. The molecule has 1 N–H and O–H groups in total. The van der Waals surface area contributed by atoms with E-state index in [2.05, 4.69) is 15.9 Å². The van der Waals surface area contributed by atoms with Crippen molar-refractivity contribution in [1.29, 1.82) is 0 Å². The summed E-state index contributed by atoms with van der Waals surface area (Å²) in [5.74, 6) is -4.15. The van der Waals surface area contributed by atoms with Crippen molar-refractivity contribution in [1.82, 2.24) is 14.7 Å². The molecule has 13 heteroatoms. The zero-order chi connectivity index (χ0) is 36.3. The number of amides is 4. The molecule has 0 spiro atoms. The standard InChI is InChI=1S/C38H36BrClN4O6S/c1-6-11-43-34(46)21-9-8-20-23(30(21)36(43)48)15-25-35(47)44(37(49)38(25,3)31(20)24-12-18(39)13-27(50-5)32(24)45)29-16-26(41-42(29)4)33-17(2)22-14-19(40)7-10-28(22)51-33/h7-8,10,12-14,16,21,23,25,30-31,45H,6,9,11,15H2,1-5H3/t21-,23+,25-,30-,31+,38+/m0/s1. The summed E-state index contributed by atoms with van der Waals surface area (Å²) in [6.45, 7) is 6.06. The number of nitrogens with zero attached hydrogens (tertiary/aromatic N) is 4. The number of hydrogen-bond acceptors (Lipinski definition) is 8. The third kappa shape index (κ3) is 4.74. The highest BCUT2D eigenvalue weighted by molar-refractivity contribution is 9.10. The Morgan fingerprint density at radius 1 is 1.10 bits per heavy atom. The average molecular weight is 792 g/mol. The number of halogens is 2. The summed E-state index contributed by atoms with van der Waals surface area (Å²) in [7, 11) is 3.16.